The van der Waals surface area contributed by atoms with Gasteiger partial charge in [-0.05, 0) is 119 Å². The van der Waals surface area contributed by atoms with Crippen molar-refractivity contribution in [1.29, 1.82) is 0 Å². The Labute approximate surface area is 259 Å². The predicted octanol–water partition coefficient (Wildman–Crippen LogP) is 5.99. The van der Waals surface area contributed by atoms with Crippen molar-refractivity contribution in [3.63, 3.8) is 0 Å². The molecule has 0 bridgehead atoms. The molecule has 2 amide bonds. The van der Waals surface area contributed by atoms with Crippen molar-refractivity contribution in [2.45, 2.75) is 70.9 Å². The number of phenolic OH excluding ortho intramolecular Hbond substituents is 1. The van der Waals surface area contributed by atoms with Crippen LogP contribution in [0.25, 0.3) is 0 Å². The number of fused-ring (bicyclic) bond motifs is 1. The molecule has 0 aliphatic heterocycles. The number of methoxy groups -OCH3 is 1. The van der Waals surface area contributed by atoms with E-state index in [0.717, 1.165) is 30.4 Å². The number of anilines is 1. The zero-order valence-corrected chi connectivity index (χ0v) is 26.5. The van der Waals surface area contributed by atoms with Gasteiger partial charge in [-0.3, -0.25) is 4.79 Å². The van der Waals surface area contributed by atoms with Gasteiger partial charge in [-0.1, -0.05) is 12.1 Å². The maximum Gasteiger partial charge on any atom is 0.408 e. The molecule has 3 aromatic carbocycles. The van der Waals surface area contributed by atoms with Crippen LogP contribution in [-0.4, -0.2) is 60.2 Å². The van der Waals surface area contributed by atoms with Gasteiger partial charge < -0.3 is 34.6 Å². The molecule has 0 aromatic heterocycles. The second-order valence-electron chi connectivity index (χ2n) is 12.8. The molecular weight excluding hydrogens is 560 g/mol. The van der Waals surface area contributed by atoms with Crippen molar-refractivity contribution in [1.82, 2.24) is 5.32 Å². The molecular formula is C35H44N2O7. The molecule has 0 heterocycles. The summed E-state index contributed by atoms with van der Waals surface area (Å²) in [7, 11) is 1.59. The first kappa shape index (κ1) is 32.7. The molecule has 9 heteroatoms. The van der Waals surface area contributed by atoms with Crippen LogP contribution in [0.4, 0.5) is 10.5 Å². The average Bonchev–Trinajstić information content (AvgIpc) is 2.97. The van der Waals surface area contributed by atoms with Crippen LogP contribution < -0.4 is 19.7 Å². The van der Waals surface area contributed by atoms with Gasteiger partial charge in [0.25, 0.3) is 5.91 Å². The summed E-state index contributed by atoms with van der Waals surface area (Å²) in [6.07, 6.45) is 1.94. The maximum absolute atomic E-state index is 13.9. The van der Waals surface area contributed by atoms with E-state index in [1.807, 2.05) is 44.2 Å². The fourth-order valence-corrected chi connectivity index (χ4v) is 5.40. The Balaban J connectivity index is 1.52. The summed E-state index contributed by atoms with van der Waals surface area (Å²) < 4.78 is 16.8. The van der Waals surface area contributed by atoms with Crippen molar-refractivity contribution in [2.24, 2.45) is 0 Å². The number of hydrogen-bond donors (Lipinski definition) is 3. The van der Waals surface area contributed by atoms with Crippen molar-refractivity contribution in [3.05, 3.63) is 82.9 Å². The molecule has 9 nitrogen and oxygen atoms in total. The van der Waals surface area contributed by atoms with E-state index in [2.05, 4.69) is 5.32 Å². The van der Waals surface area contributed by atoms with Crippen LogP contribution in [-0.2, 0) is 17.6 Å². The number of alkyl carbamates (subject to hydrolysis) is 1. The third-order valence-corrected chi connectivity index (χ3v) is 7.50. The van der Waals surface area contributed by atoms with E-state index in [1.165, 1.54) is 5.56 Å². The maximum atomic E-state index is 13.9. The van der Waals surface area contributed by atoms with Gasteiger partial charge in [-0.2, -0.15) is 0 Å². The Morgan fingerprint density at radius 2 is 1.66 bits per heavy atom. The van der Waals surface area contributed by atoms with Crippen molar-refractivity contribution in [3.8, 4) is 17.2 Å². The molecule has 0 fully saturated rings. The quantitative estimate of drug-likeness (QED) is 0.260. The normalized spacial score (nSPS) is 14.8. The number of aromatic hydroxyl groups is 1. The Kier molecular flexibility index (Phi) is 10.1. The third kappa shape index (κ3) is 8.44. The second-order valence-corrected chi connectivity index (χ2v) is 12.8. The monoisotopic (exact) mass is 604 g/mol. The summed E-state index contributed by atoms with van der Waals surface area (Å²) >= 11 is 0. The van der Waals surface area contributed by atoms with Gasteiger partial charge in [0.2, 0.25) is 0 Å². The van der Waals surface area contributed by atoms with E-state index < -0.39 is 17.2 Å². The second kappa shape index (κ2) is 13.6. The van der Waals surface area contributed by atoms with E-state index in [-0.39, 0.29) is 37.3 Å². The van der Waals surface area contributed by atoms with Gasteiger partial charge in [-0.25, -0.2) is 4.79 Å². The van der Waals surface area contributed by atoms with E-state index in [4.69, 9.17) is 14.2 Å². The molecule has 0 radical (unpaired) electrons. The van der Waals surface area contributed by atoms with E-state index in [9.17, 15) is 19.8 Å². The minimum Gasteiger partial charge on any atom is -0.508 e. The number of nitrogens with zero attached hydrogens (tertiary/aromatic N) is 1. The lowest BCUT2D eigenvalue weighted by Gasteiger charge is -2.31. The van der Waals surface area contributed by atoms with Crippen LogP contribution in [0.2, 0.25) is 0 Å². The van der Waals surface area contributed by atoms with Crippen LogP contribution in [0.3, 0.4) is 0 Å². The van der Waals surface area contributed by atoms with Gasteiger partial charge in [0.15, 0.2) is 0 Å². The zero-order valence-electron chi connectivity index (χ0n) is 26.5. The molecule has 44 heavy (non-hydrogen) atoms. The summed E-state index contributed by atoms with van der Waals surface area (Å²) in [4.78, 5) is 27.7. The third-order valence-electron chi connectivity index (χ3n) is 7.50. The number of benzene rings is 3. The number of aliphatic hydroxyl groups is 1. The topological polar surface area (TPSA) is 118 Å². The number of nitrogens with one attached hydrogen (secondary N) is 1. The minimum atomic E-state index is -0.697. The number of phenols is 1. The molecule has 0 saturated heterocycles. The van der Waals surface area contributed by atoms with E-state index >= 15 is 0 Å². The minimum absolute atomic E-state index is 0.110. The highest BCUT2D eigenvalue weighted by Gasteiger charge is 2.28. The molecule has 3 N–H and O–H groups in total. The van der Waals surface area contributed by atoms with E-state index in [1.54, 1.807) is 63.1 Å². The molecule has 0 spiro atoms. The van der Waals surface area contributed by atoms with Crippen LogP contribution in [0.5, 0.6) is 17.2 Å². The number of carbonyl (C=O) groups excluding carboxylic acids is 2. The number of rotatable bonds is 10. The van der Waals surface area contributed by atoms with Crippen molar-refractivity contribution in [2.75, 3.05) is 31.8 Å². The summed E-state index contributed by atoms with van der Waals surface area (Å²) in [5, 5.41) is 22.7. The van der Waals surface area contributed by atoms with Gasteiger partial charge in [0.1, 0.15) is 29.5 Å². The summed E-state index contributed by atoms with van der Waals surface area (Å²) in [6, 6.07) is 18.1. The lowest BCUT2D eigenvalue weighted by molar-refractivity contribution is 0.0441. The SMILES string of the molecule is COc1ccc([C@@H]2CCc3cc(O)ccc3C2)c(N(CCO)C(=O)c2ccc(OCC(C)(C)NC(=O)OC(C)(C)C)cc2)c1. The van der Waals surface area contributed by atoms with Crippen LogP contribution >= 0.6 is 0 Å². The molecule has 1 aliphatic rings. The molecule has 1 atom stereocenters. The van der Waals surface area contributed by atoms with Crippen molar-refractivity contribution >= 4 is 17.7 Å². The number of ether oxygens (including phenoxy) is 3. The fourth-order valence-electron chi connectivity index (χ4n) is 5.40. The Morgan fingerprint density at radius 3 is 2.32 bits per heavy atom. The first-order valence-corrected chi connectivity index (χ1v) is 14.9. The number of aliphatic hydroxyl groups excluding tert-OH is 1. The lowest BCUT2D eigenvalue weighted by atomic mass is 9.79. The predicted molar refractivity (Wildman–Crippen MR) is 170 cm³/mol. The van der Waals surface area contributed by atoms with Gasteiger partial charge in [0, 0.05) is 18.2 Å². The number of hydrogen-bond acceptors (Lipinski definition) is 7. The highest BCUT2D eigenvalue weighted by molar-refractivity contribution is 6.06. The zero-order chi connectivity index (χ0) is 32.1. The van der Waals surface area contributed by atoms with E-state index in [0.29, 0.717) is 22.7 Å². The Morgan fingerprint density at radius 1 is 0.955 bits per heavy atom. The summed E-state index contributed by atoms with van der Waals surface area (Å²) in [6.45, 7) is 9.17. The summed E-state index contributed by atoms with van der Waals surface area (Å²) in [5.74, 6) is 1.32. The lowest BCUT2D eigenvalue weighted by Crippen LogP contribution is -2.49. The largest absolute Gasteiger partial charge is 0.508 e. The first-order chi connectivity index (χ1) is 20.8. The highest BCUT2D eigenvalue weighted by Crippen LogP contribution is 2.40. The smallest absolute Gasteiger partial charge is 0.408 e. The molecule has 1 aliphatic carbocycles. The molecule has 236 valence electrons. The van der Waals surface area contributed by atoms with Crippen LogP contribution in [0.1, 0.15) is 74.0 Å². The molecule has 3 aromatic rings. The number of amides is 2. The first-order valence-electron chi connectivity index (χ1n) is 14.9. The summed E-state index contributed by atoms with van der Waals surface area (Å²) in [5.41, 5.74) is 3.17. The van der Waals surface area contributed by atoms with Gasteiger partial charge in [0.05, 0.1) is 24.9 Å². The fraction of sp³-hybridized carbons (Fsp3) is 0.429. The van der Waals surface area contributed by atoms with Crippen molar-refractivity contribution < 1.29 is 34.0 Å². The van der Waals surface area contributed by atoms with Crippen LogP contribution in [0.15, 0.2) is 60.7 Å². The van der Waals surface area contributed by atoms with Gasteiger partial charge >= 0.3 is 6.09 Å². The highest BCUT2D eigenvalue weighted by atomic mass is 16.6. The molecule has 0 unspecified atom stereocenters. The molecule has 0 saturated carbocycles. The van der Waals surface area contributed by atoms with Gasteiger partial charge in [-0.15, -0.1) is 0 Å². The van der Waals surface area contributed by atoms with Crippen LogP contribution in [0, 0.1) is 0 Å². The standard InChI is InChI=1S/C35H44N2O7/c1-34(2,3)44-33(41)36-35(4,5)22-43-28-13-10-23(11-14-28)32(40)37(17-18-38)31-21-29(42-6)15-16-30(31)26-8-7-25-20-27(39)12-9-24(25)19-26/h9-16,20-21,26,38-39H,7-8,17-19,22H2,1-6H3,(H,36,41)/t26-/m1/s1. The Bertz CT molecular complexity index is 1460. The number of aryl methyl sites for hydroxylation is 1. The number of carbonyl (C=O) groups is 2. The molecule has 4 rings (SSSR count). The average molecular weight is 605 g/mol. The Hall–Kier alpha value is -4.24.